The van der Waals surface area contributed by atoms with Crippen molar-refractivity contribution in [2.75, 3.05) is 0 Å². The molecular weight excluding hydrogens is 284 g/mol. The lowest BCUT2D eigenvalue weighted by Crippen LogP contribution is -2.35. The molecule has 0 aliphatic carbocycles. The molecular formula is C15H22N4O3. The number of rotatable bonds is 3. The molecule has 0 fully saturated rings. The van der Waals surface area contributed by atoms with Crippen LogP contribution in [0.3, 0.4) is 0 Å². The number of hydrogen-bond acceptors (Lipinski definition) is 4. The number of aryl methyl sites for hydroxylation is 1. The number of fused-ring (bicyclic) bond motifs is 1. The van der Waals surface area contributed by atoms with E-state index < -0.39 is 11.7 Å². The standard InChI is InChI=1S/C15H22N4O3/c1-6-10(16-14(21)22-15(3,4)5)11-7-12-17-13(20)9(2)8-19(12)18-11/h7-8,10H,6H2,1-5H3,(H,16,21)(H,17,20)/t10-/m0/s1. The molecule has 1 amide bonds. The molecule has 0 saturated heterocycles. The summed E-state index contributed by atoms with van der Waals surface area (Å²) in [5.41, 5.74) is 1.15. The minimum Gasteiger partial charge on any atom is -0.444 e. The van der Waals surface area contributed by atoms with Gasteiger partial charge in [-0.15, -0.1) is 0 Å². The molecule has 0 radical (unpaired) electrons. The van der Waals surface area contributed by atoms with Crippen LogP contribution in [-0.4, -0.2) is 26.3 Å². The van der Waals surface area contributed by atoms with E-state index in [1.807, 2.05) is 27.7 Å². The van der Waals surface area contributed by atoms with Crippen molar-refractivity contribution < 1.29 is 9.53 Å². The van der Waals surface area contributed by atoms with Gasteiger partial charge in [0.2, 0.25) is 0 Å². The van der Waals surface area contributed by atoms with Crippen LogP contribution in [0.15, 0.2) is 17.1 Å². The maximum absolute atomic E-state index is 11.9. The van der Waals surface area contributed by atoms with Gasteiger partial charge in [0.25, 0.3) is 5.56 Å². The van der Waals surface area contributed by atoms with E-state index in [-0.39, 0.29) is 11.6 Å². The second kappa shape index (κ2) is 5.82. The molecule has 0 aliphatic rings. The molecule has 120 valence electrons. The molecule has 2 aromatic rings. The summed E-state index contributed by atoms with van der Waals surface area (Å²) in [5, 5.41) is 7.21. The van der Waals surface area contributed by atoms with Crippen LogP contribution < -0.4 is 10.9 Å². The Labute approximate surface area is 128 Å². The zero-order valence-electron chi connectivity index (χ0n) is 13.6. The molecule has 0 aliphatic heterocycles. The Morgan fingerprint density at radius 2 is 2.18 bits per heavy atom. The number of amides is 1. The van der Waals surface area contributed by atoms with Crippen molar-refractivity contribution in [3.63, 3.8) is 0 Å². The van der Waals surface area contributed by atoms with E-state index in [0.29, 0.717) is 23.3 Å². The van der Waals surface area contributed by atoms with Crippen molar-refractivity contribution >= 4 is 11.7 Å². The van der Waals surface area contributed by atoms with Gasteiger partial charge in [-0.3, -0.25) is 4.79 Å². The smallest absolute Gasteiger partial charge is 0.408 e. The van der Waals surface area contributed by atoms with Gasteiger partial charge in [-0.1, -0.05) is 6.92 Å². The highest BCUT2D eigenvalue weighted by Gasteiger charge is 2.21. The average molecular weight is 306 g/mol. The summed E-state index contributed by atoms with van der Waals surface area (Å²) >= 11 is 0. The van der Waals surface area contributed by atoms with E-state index in [9.17, 15) is 9.59 Å². The number of hydrogen-bond donors (Lipinski definition) is 2. The number of aromatic nitrogens is 3. The van der Waals surface area contributed by atoms with E-state index in [4.69, 9.17) is 4.74 Å². The van der Waals surface area contributed by atoms with Gasteiger partial charge in [0.15, 0.2) is 0 Å². The first kappa shape index (κ1) is 16.1. The van der Waals surface area contributed by atoms with Crippen molar-refractivity contribution in [2.45, 2.75) is 52.7 Å². The molecule has 22 heavy (non-hydrogen) atoms. The maximum atomic E-state index is 11.9. The quantitative estimate of drug-likeness (QED) is 0.910. The Kier molecular flexibility index (Phi) is 4.25. The molecule has 2 aromatic heterocycles. The van der Waals surface area contributed by atoms with Crippen LogP contribution in [0.25, 0.3) is 5.65 Å². The summed E-state index contributed by atoms with van der Waals surface area (Å²) in [5.74, 6) is 0. The third-order valence-corrected chi connectivity index (χ3v) is 3.13. The Hall–Kier alpha value is -2.31. The molecule has 0 aromatic carbocycles. The third kappa shape index (κ3) is 3.66. The lowest BCUT2D eigenvalue weighted by Gasteiger charge is -2.22. The van der Waals surface area contributed by atoms with Gasteiger partial charge in [-0.2, -0.15) is 5.10 Å². The number of ether oxygens (including phenoxy) is 1. The first-order valence-electron chi connectivity index (χ1n) is 7.28. The lowest BCUT2D eigenvalue weighted by atomic mass is 10.1. The predicted molar refractivity (Wildman–Crippen MR) is 83.0 cm³/mol. The van der Waals surface area contributed by atoms with E-state index >= 15 is 0 Å². The van der Waals surface area contributed by atoms with Gasteiger partial charge >= 0.3 is 6.09 Å². The zero-order chi connectivity index (χ0) is 16.5. The third-order valence-electron chi connectivity index (χ3n) is 3.13. The number of nitrogens with one attached hydrogen (secondary N) is 2. The number of H-pyrrole nitrogens is 1. The summed E-state index contributed by atoms with van der Waals surface area (Å²) in [7, 11) is 0. The molecule has 7 nitrogen and oxygen atoms in total. The Morgan fingerprint density at radius 1 is 1.50 bits per heavy atom. The molecule has 0 saturated carbocycles. The first-order chi connectivity index (χ1) is 10.2. The van der Waals surface area contributed by atoms with Crippen molar-refractivity contribution in [3.8, 4) is 0 Å². The number of nitrogens with zero attached hydrogens (tertiary/aromatic N) is 2. The van der Waals surface area contributed by atoms with Gasteiger partial charge in [0.1, 0.15) is 11.2 Å². The van der Waals surface area contributed by atoms with Crippen LogP contribution in [0, 0.1) is 6.92 Å². The summed E-state index contributed by atoms with van der Waals surface area (Å²) in [4.78, 5) is 26.3. The number of aromatic amines is 1. The van der Waals surface area contributed by atoms with Gasteiger partial charge in [0, 0.05) is 17.8 Å². The number of alkyl carbamates (subject to hydrolysis) is 1. The largest absolute Gasteiger partial charge is 0.444 e. The van der Waals surface area contributed by atoms with Crippen molar-refractivity contribution in [1.82, 2.24) is 19.9 Å². The zero-order valence-corrected chi connectivity index (χ0v) is 13.6. The number of carbonyl (C=O) groups is 1. The average Bonchev–Trinajstić information content (AvgIpc) is 2.77. The highest BCUT2D eigenvalue weighted by atomic mass is 16.6. The molecule has 1 atom stereocenters. The Bertz CT molecular complexity index is 739. The van der Waals surface area contributed by atoms with E-state index in [1.165, 1.54) is 0 Å². The summed E-state index contributed by atoms with van der Waals surface area (Å²) in [6.07, 6.45) is 1.84. The van der Waals surface area contributed by atoms with Crippen LogP contribution in [-0.2, 0) is 4.74 Å². The molecule has 2 rings (SSSR count). The first-order valence-corrected chi connectivity index (χ1v) is 7.28. The maximum Gasteiger partial charge on any atom is 0.408 e. The molecule has 0 spiro atoms. The predicted octanol–water partition coefficient (Wildman–Crippen LogP) is 2.31. The number of carbonyl (C=O) groups excluding carboxylic acids is 1. The van der Waals surface area contributed by atoms with E-state index in [0.717, 1.165) is 0 Å². The molecule has 0 bridgehead atoms. The summed E-state index contributed by atoms with van der Waals surface area (Å²) < 4.78 is 6.86. The van der Waals surface area contributed by atoms with Crippen LogP contribution in [0.5, 0.6) is 0 Å². The van der Waals surface area contributed by atoms with Crippen molar-refractivity contribution in [3.05, 3.63) is 33.9 Å². The lowest BCUT2D eigenvalue weighted by molar-refractivity contribution is 0.0501. The fraction of sp³-hybridized carbons (Fsp3) is 0.533. The Balaban J connectivity index is 2.24. The van der Waals surface area contributed by atoms with Crippen LogP contribution in [0.1, 0.15) is 51.4 Å². The summed E-state index contributed by atoms with van der Waals surface area (Å²) in [6, 6.07) is 1.48. The van der Waals surface area contributed by atoms with Gasteiger partial charge in [0.05, 0.1) is 11.7 Å². The Morgan fingerprint density at radius 3 is 2.77 bits per heavy atom. The molecule has 7 heteroatoms. The highest BCUT2D eigenvalue weighted by molar-refractivity contribution is 5.68. The fourth-order valence-electron chi connectivity index (χ4n) is 2.07. The van der Waals surface area contributed by atoms with E-state index in [1.54, 1.807) is 23.7 Å². The normalized spacial score (nSPS) is 13.1. The highest BCUT2D eigenvalue weighted by Crippen LogP contribution is 2.17. The molecule has 0 unspecified atom stereocenters. The van der Waals surface area contributed by atoms with Crippen LogP contribution >= 0.6 is 0 Å². The SMILES string of the molecule is CC[C@H](NC(=O)OC(C)(C)C)c1cc2[nH]c(=O)c(C)cn2n1. The van der Waals surface area contributed by atoms with Crippen molar-refractivity contribution in [1.29, 1.82) is 0 Å². The fourth-order valence-corrected chi connectivity index (χ4v) is 2.07. The van der Waals surface area contributed by atoms with Crippen LogP contribution in [0.2, 0.25) is 0 Å². The van der Waals surface area contributed by atoms with Gasteiger partial charge in [-0.25, -0.2) is 9.31 Å². The summed E-state index contributed by atoms with van der Waals surface area (Å²) in [6.45, 7) is 9.10. The minimum atomic E-state index is -0.552. The second-order valence-electron chi connectivity index (χ2n) is 6.27. The van der Waals surface area contributed by atoms with Crippen molar-refractivity contribution in [2.24, 2.45) is 0 Å². The van der Waals surface area contributed by atoms with E-state index in [2.05, 4.69) is 15.4 Å². The monoisotopic (exact) mass is 306 g/mol. The minimum absolute atomic E-state index is 0.146. The second-order valence-corrected chi connectivity index (χ2v) is 6.27. The van der Waals surface area contributed by atoms with Gasteiger partial charge < -0.3 is 15.0 Å². The van der Waals surface area contributed by atoms with Crippen LogP contribution in [0.4, 0.5) is 4.79 Å². The molecule has 2 N–H and O–H groups in total. The topological polar surface area (TPSA) is 88.5 Å². The van der Waals surface area contributed by atoms with Gasteiger partial charge in [-0.05, 0) is 34.1 Å². The molecule has 2 heterocycles.